The number of nitro benzene ring substituents is 1. The highest BCUT2D eigenvalue weighted by molar-refractivity contribution is 5.38. The zero-order chi connectivity index (χ0) is 15.5. The summed E-state index contributed by atoms with van der Waals surface area (Å²) in [6.45, 7) is 2.49. The van der Waals surface area contributed by atoms with Crippen molar-refractivity contribution in [2.45, 2.75) is 19.4 Å². The SMILES string of the molecule is CCC(OC=O)c1ccccc1.O=[N+]([O-])c1ccccc1. The van der Waals surface area contributed by atoms with Gasteiger partial charge >= 0.3 is 0 Å². The van der Waals surface area contributed by atoms with Crippen LogP contribution in [0.5, 0.6) is 0 Å². The van der Waals surface area contributed by atoms with Crippen molar-refractivity contribution in [3.63, 3.8) is 0 Å². The van der Waals surface area contributed by atoms with Gasteiger partial charge < -0.3 is 4.74 Å². The topological polar surface area (TPSA) is 69.4 Å². The fraction of sp³-hybridized carbons (Fsp3) is 0.188. The summed E-state index contributed by atoms with van der Waals surface area (Å²) in [5, 5.41) is 10.0. The standard InChI is InChI=1S/C10H12O2.C6H5NO2/c1-2-10(12-8-11)9-6-4-3-5-7-9;8-7(9)6-4-2-1-3-5-6/h3-8,10H,2H2,1H3;1-5H. The van der Waals surface area contributed by atoms with Crippen molar-refractivity contribution in [1.82, 2.24) is 0 Å². The first-order valence-electron chi connectivity index (χ1n) is 6.52. The second-order valence-electron chi connectivity index (χ2n) is 4.13. The van der Waals surface area contributed by atoms with E-state index in [0.29, 0.717) is 6.47 Å². The molecule has 0 saturated carbocycles. The summed E-state index contributed by atoms with van der Waals surface area (Å²) < 4.78 is 4.90. The summed E-state index contributed by atoms with van der Waals surface area (Å²) in [7, 11) is 0. The van der Waals surface area contributed by atoms with Gasteiger partial charge in [0.25, 0.3) is 12.2 Å². The van der Waals surface area contributed by atoms with Crippen LogP contribution in [-0.4, -0.2) is 11.4 Å². The Morgan fingerprint density at radius 2 is 1.62 bits per heavy atom. The molecule has 0 saturated heterocycles. The number of nitrogens with zero attached hydrogens (tertiary/aromatic N) is 1. The Balaban J connectivity index is 0.000000219. The molecule has 0 aliphatic rings. The van der Waals surface area contributed by atoms with Crippen LogP contribution < -0.4 is 0 Å². The van der Waals surface area contributed by atoms with Gasteiger partial charge in [-0.05, 0) is 12.0 Å². The van der Waals surface area contributed by atoms with E-state index in [1.165, 1.54) is 12.1 Å². The zero-order valence-electron chi connectivity index (χ0n) is 11.7. The number of para-hydroxylation sites is 1. The van der Waals surface area contributed by atoms with Crippen molar-refractivity contribution in [3.8, 4) is 0 Å². The van der Waals surface area contributed by atoms with Crippen LogP contribution in [0.4, 0.5) is 5.69 Å². The predicted octanol–water partition coefficient (Wildman–Crippen LogP) is 3.91. The Bertz CT molecular complexity index is 543. The van der Waals surface area contributed by atoms with Crippen molar-refractivity contribution in [3.05, 3.63) is 76.3 Å². The van der Waals surface area contributed by atoms with E-state index < -0.39 is 4.92 Å². The lowest BCUT2D eigenvalue weighted by atomic mass is 10.1. The van der Waals surface area contributed by atoms with E-state index in [0.717, 1.165) is 12.0 Å². The Morgan fingerprint density at radius 3 is 2.00 bits per heavy atom. The fourth-order valence-corrected chi connectivity index (χ4v) is 1.69. The Labute approximate surface area is 123 Å². The average Bonchev–Trinajstić information content (AvgIpc) is 2.55. The highest BCUT2D eigenvalue weighted by Gasteiger charge is 2.07. The van der Waals surface area contributed by atoms with E-state index in [1.54, 1.807) is 18.2 Å². The quantitative estimate of drug-likeness (QED) is 0.475. The molecular formula is C16H17NO4. The number of rotatable bonds is 5. The van der Waals surface area contributed by atoms with Gasteiger partial charge in [0.15, 0.2) is 0 Å². The van der Waals surface area contributed by atoms with Crippen molar-refractivity contribution in [2.24, 2.45) is 0 Å². The smallest absolute Gasteiger partial charge is 0.293 e. The van der Waals surface area contributed by atoms with Gasteiger partial charge in [0.05, 0.1) is 4.92 Å². The maximum Gasteiger partial charge on any atom is 0.293 e. The minimum absolute atomic E-state index is 0.0938. The molecule has 0 amide bonds. The molecule has 0 aromatic heterocycles. The number of non-ortho nitro benzene ring substituents is 1. The Morgan fingerprint density at radius 1 is 1.10 bits per heavy atom. The Hall–Kier alpha value is -2.69. The van der Waals surface area contributed by atoms with Crippen molar-refractivity contribution in [1.29, 1.82) is 0 Å². The molecule has 0 fully saturated rings. The second-order valence-corrected chi connectivity index (χ2v) is 4.13. The van der Waals surface area contributed by atoms with Crippen LogP contribution in [0.3, 0.4) is 0 Å². The zero-order valence-corrected chi connectivity index (χ0v) is 11.7. The molecule has 0 radical (unpaired) electrons. The lowest BCUT2D eigenvalue weighted by Gasteiger charge is -2.12. The van der Waals surface area contributed by atoms with E-state index in [2.05, 4.69) is 0 Å². The molecule has 0 heterocycles. The normalized spacial score (nSPS) is 10.7. The number of nitro groups is 1. The van der Waals surface area contributed by atoms with Gasteiger partial charge in [-0.2, -0.15) is 0 Å². The first kappa shape index (κ1) is 16.4. The summed E-state index contributed by atoms with van der Waals surface area (Å²) in [5.74, 6) is 0. The molecule has 2 aromatic carbocycles. The summed E-state index contributed by atoms with van der Waals surface area (Å²) in [6, 6.07) is 17.7. The highest BCUT2D eigenvalue weighted by Crippen LogP contribution is 2.18. The molecule has 110 valence electrons. The van der Waals surface area contributed by atoms with E-state index in [9.17, 15) is 14.9 Å². The monoisotopic (exact) mass is 287 g/mol. The van der Waals surface area contributed by atoms with Gasteiger partial charge in [-0.3, -0.25) is 14.9 Å². The van der Waals surface area contributed by atoms with Gasteiger partial charge in [-0.15, -0.1) is 0 Å². The minimum Gasteiger partial charge on any atom is -0.460 e. The average molecular weight is 287 g/mol. The molecule has 0 N–H and O–H groups in total. The maximum atomic E-state index is 10.1. The third-order valence-electron chi connectivity index (χ3n) is 2.73. The molecule has 0 aliphatic carbocycles. The largest absolute Gasteiger partial charge is 0.460 e. The van der Waals surface area contributed by atoms with E-state index in [-0.39, 0.29) is 11.8 Å². The molecule has 5 heteroatoms. The van der Waals surface area contributed by atoms with Gasteiger partial charge in [0.2, 0.25) is 0 Å². The summed E-state index contributed by atoms with van der Waals surface area (Å²) >= 11 is 0. The molecule has 5 nitrogen and oxygen atoms in total. The number of hydrogen-bond acceptors (Lipinski definition) is 4. The van der Waals surface area contributed by atoms with Crippen LogP contribution in [0.15, 0.2) is 60.7 Å². The number of benzene rings is 2. The van der Waals surface area contributed by atoms with Gasteiger partial charge in [0, 0.05) is 12.1 Å². The summed E-state index contributed by atoms with van der Waals surface area (Å²) in [5.41, 5.74) is 1.18. The van der Waals surface area contributed by atoms with Crippen LogP contribution in [-0.2, 0) is 9.53 Å². The summed E-state index contributed by atoms with van der Waals surface area (Å²) in [6.07, 6.45) is 0.714. The first-order valence-corrected chi connectivity index (χ1v) is 6.52. The van der Waals surface area contributed by atoms with Crippen LogP contribution in [0, 0.1) is 10.1 Å². The number of carbonyl (C=O) groups excluding carboxylic acids is 1. The molecular weight excluding hydrogens is 270 g/mol. The van der Waals surface area contributed by atoms with Gasteiger partial charge in [-0.25, -0.2) is 0 Å². The maximum absolute atomic E-state index is 10.1. The van der Waals surface area contributed by atoms with E-state index in [4.69, 9.17) is 4.74 Å². The van der Waals surface area contributed by atoms with Crippen LogP contribution in [0.25, 0.3) is 0 Å². The third-order valence-corrected chi connectivity index (χ3v) is 2.73. The first-order chi connectivity index (χ1) is 10.2. The molecule has 0 bridgehead atoms. The van der Waals surface area contributed by atoms with Crippen LogP contribution in [0.2, 0.25) is 0 Å². The van der Waals surface area contributed by atoms with E-state index >= 15 is 0 Å². The fourth-order valence-electron chi connectivity index (χ4n) is 1.69. The van der Waals surface area contributed by atoms with Crippen molar-refractivity contribution >= 4 is 12.2 Å². The lowest BCUT2D eigenvalue weighted by molar-refractivity contribution is -0.384. The number of carbonyl (C=O) groups is 1. The molecule has 0 aliphatic heterocycles. The third kappa shape index (κ3) is 5.86. The lowest BCUT2D eigenvalue weighted by Crippen LogP contribution is -2.00. The second kappa shape index (κ2) is 9.25. The predicted molar refractivity (Wildman–Crippen MR) is 79.7 cm³/mol. The summed E-state index contributed by atoms with van der Waals surface area (Å²) in [4.78, 5) is 19.7. The molecule has 0 spiro atoms. The van der Waals surface area contributed by atoms with Crippen LogP contribution in [0.1, 0.15) is 25.0 Å². The minimum atomic E-state index is -0.417. The molecule has 1 atom stereocenters. The van der Waals surface area contributed by atoms with Gasteiger partial charge in [-0.1, -0.05) is 55.5 Å². The molecule has 2 rings (SSSR count). The number of ether oxygens (including phenoxy) is 1. The highest BCUT2D eigenvalue weighted by atomic mass is 16.6. The molecule has 21 heavy (non-hydrogen) atoms. The van der Waals surface area contributed by atoms with E-state index in [1.807, 2.05) is 37.3 Å². The molecule has 1 unspecified atom stereocenters. The van der Waals surface area contributed by atoms with Gasteiger partial charge in [0.1, 0.15) is 6.10 Å². The van der Waals surface area contributed by atoms with Crippen molar-refractivity contribution in [2.75, 3.05) is 0 Å². The Kier molecular flexibility index (Phi) is 7.21. The van der Waals surface area contributed by atoms with Crippen molar-refractivity contribution < 1.29 is 14.5 Å². The molecule has 2 aromatic rings. The van der Waals surface area contributed by atoms with Crippen LogP contribution >= 0.6 is 0 Å². The number of hydrogen-bond donors (Lipinski definition) is 0.